The molecule has 0 aliphatic carbocycles. The molecule has 1 aromatic heterocycles. The van der Waals surface area contributed by atoms with E-state index in [1.807, 2.05) is 13.8 Å². The Morgan fingerprint density at radius 1 is 1.18 bits per heavy atom. The highest BCUT2D eigenvalue weighted by Crippen LogP contribution is 2.21. The molecule has 1 amide bonds. The molecular formula is C16H18N2O3S. The van der Waals surface area contributed by atoms with Gasteiger partial charge in [-0.1, -0.05) is 0 Å². The molecule has 5 nitrogen and oxygen atoms in total. The lowest BCUT2D eigenvalue weighted by Crippen LogP contribution is -2.13. The molecule has 0 radical (unpaired) electrons. The molecule has 0 saturated heterocycles. The molecule has 1 heterocycles. The van der Waals surface area contributed by atoms with Crippen LogP contribution in [0.25, 0.3) is 0 Å². The molecule has 0 aliphatic rings. The van der Waals surface area contributed by atoms with Crippen LogP contribution < -0.4 is 10.1 Å². The molecule has 0 atom stereocenters. The zero-order valence-corrected chi connectivity index (χ0v) is 13.6. The second kappa shape index (κ2) is 7.17. The fraction of sp³-hybridized carbons (Fsp3) is 0.312. The van der Waals surface area contributed by atoms with E-state index in [9.17, 15) is 9.59 Å². The third-order valence-electron chi connectivity index (χ3n) is 3.27. The largest absolute Gasteiger partial charge is 0.497 e. The molecule has 0 fully saturated rings. The maximum Gasteiger partial charge on any atom is 0.226 e. The molecule has 0 unspecified atom stereocenters. The topological polar surface area (TPSA) is 68.3 Å². The summed E-state index contributed by atoms with van der Waals surface area (Å²) in [5.74, 6) is 0.434. The number of Topliss-reactive ketones (excluding diaryl/α,β-unsaturated/α-hetero) is 1. The minimum Gasteiger partial charge on any atom is -0.497 e. The van der Waals surface area contributed by atoms with Crippen LogP contribution in [0.5, 0.6) is 5.75 Å². The van der Waals surface area contributed by atoms with Crippen LogP contribution in [-0.2, 0) is 4.79 Å². The number of thiazole rings is 1. The van der Waals surface area contributed by atoms with Gasteiger partial charge in [0, 0.05) is 23.3 Å². The first kappa shape index (κ1) is 16.2. The first-order valence-electron chi connectivity index (χ1n) is 6.90. The van der Waals surface area contributed by atoms with Gasteiger partial charge in [0.2, 0.25) is 5.91 Å². The SMILES string of the molecule is COc1ccc(C(=O)CCC(=O)Nc2nc(C)c(C)s2)cc1. The molecule has 2 rings (SSSR count). The van der Waals surface area contributed by atoms with Gasteiger partial charge in [-0.25, -0.2) is 4.98 Å². The van der Waals surface area contributed by atoms with Gasteiger partial charge in [-0.15, -0.1) is 11.3 Å². The predicted molar refractivity (Wildman–Crippen MR) is 86.8 cm³/mol. The van der Waals surface area contributed by atoms with Crippen molar-refractivity contribution < 1.29 is 14.3 Å². The van der Waals surface area contributed by atoms with Crippen molar-refractivity contribution in [3.05, 3.63) is 40.4 Å². The van der Waals surface area contributed by atoms with E-state index in [1.165, 1.54) is 11.3 Å². The van der Waals surface area contributed by atoms with Gasteiger partial charge in [0.1, 0.15) is 5.75 Å². The Morgan fingerprint density at radius 3 is 2.41 bits per heavy atom. The summed E-state index contributed by atoms with van der Waals surface area (Å²) in [5.41, 5.74) is 1.49. The summed E-state index contributed by atoms with van der Waals surface area (Å²) in [4.78, 5) is 29.2. The third kappa shape index (κ3) is 4.14. The molecule has 1 N–H and O–H groups in total. The van der Waals surface area contributed by atoms with Crippen LogP contribution in [0.3, 0.4) is 0 Å². The van der Waals surface area contributed by atoms with Crippen molar-refractivity contribution in [2.24, 2.45) is 0 Å². The van der Waals surface area contributed by atoms with Crippen molar-refractivity contribution in [1.29, 1.82) is 0 Å². The van der Waals surface area contributed by atoms with Gasteiger partial charge in [-0.2, -0.15) is 0 Å². The van der Waals surface area contributed by atoms with E-state index in [-0.39, 0.29) is 24.5 Å². The van der Waals surface area contributed by atoms with E-state index in [4.69, 9.17) is 4.74 Å². The van der Waals surface area contributed by atoms with Crippen LogP contribution in [0.2, 0.25) is 0 Å². The molecule has 0 saturated carbocycles. The molecular weight excluding hydrogens is 300 g/mol. The number of carbonyl (C=O) groups excluding carboxylic acids is 2. The smallest absolute Gasteiger partial charge is 0.226 e. The van der Waals surface area contributed by atoms with E-state index in [0.29, 0.717) is 16.4 Å². The number of carbonyl (C=O) groups is 2. The number of aryl methyl sites for hydroxylation is 2. The summed E-state index contributed by atoms with van der Waals surface area (Å²) in [7, 11) is 1.57. The number of aromatic nitrogens is 1. The number of benzene rings is 1. The van der Waals surface area contributed by atoms with Gasteiger partial charge in [-0.05, 0) is 38.1 Å². The summed E-state index contributed by atoms with van der Waals surface area (Å²) < 4.78 is 5.04. The number of ketones is 1. The quantitative estimate of drug-likeness (QED) is 0.829. The van der Waals surface area contributed by atoms with Gasteiger partial charge in [0.15, 0.2) is 10.9 Å². The number of rotatable bonds is 6. The first-order chi connectivity index (χ1) is 10.5. The number of nitrogens with one attached hydrogen (secondary N) is 1. The van der Waals surface area contributed by atoms with E-state index < -0.39 is 0 Å². The summed E-state index contributed by atoms with van der Waals surface area (Å²) >= 11 is 1.44. The summed E-state index contributed by atoms with van der Waals surface area (Å²) in [5, 5.41) is 3.31. The predicted octanol–water partition coefficient (Wildman–Crippen LogP) is 3.37. The molecule has 6 heteroatoms. The second-order valence-electron chi connectivity index (χ2n) is 4.86. The Balaban J connectivity index is 1.85. The highest BCUT2D eigenvalue weighted by molar-refractivity contribution is 7.15. The van der Waals surface area contributed by atoms with Crippen molar-refractivity contribution >= 4 is 28.2 Å². The molecule has 0 spiro atoms. The third-order valence-corrected chi connectivity index (χ3v) is 4.25. The Hall–Kier alpha value is -2.21. The summed E-state index contributed by atoms with van der Waals surface area (Å²) in [6.07, 6.45) is 0.310. The normalized spacial score (nSPS) is 10.3. The minimum absolute atomic E-state index is 0.0655. The second-order valence-corrected chi connectivity index (χ2v) is 6.06. The van der Waals surface area contributed by atoms with Gasteiger partial charge in [0.05, 0.1) is 12.8 Å². The fourth-order valence-corrected chi connectivity index (χ4v) is 2.69. The minimum atomic E-state index is -0.199. The van der Waals surface area contributed by atoms with Crippen LogP contribution >= 0.6 is 11.3 Å². The van der Waals surface area contributed by atoms with E-state index in [1.54, 1.807) is 31.4 Å². The molecule has 0 bridgehead atoms. The Labute approximate surface area is 133 Å². The lowest BCUT2D eigenvalue weighted by molar-refractivity contribution is -0.116. The number of nitrogens with zero attached hydrogens (tertiary/aromatic N) is 1. The van der Waals surface area contributed by atoms with Crippen LogP contribution in [0.1, 0.15) is 33.8 Å². The molecule has 2 aromatic rings. The first-order valence-corrected chi connectivity index (χ1v) is 7.72. The van der Waals surface area contributed by atoms with Gasteiger partial charge >= 0.3 is 0 Å². The molecule has 0 aliphatic heterocycles. The van der Waals surface area contributed by atoms with Crippen molar-refractivity contribution in [2.45, 2.75) is 26.7 Å². The average Bonchev–Trinajstić information content (AvgIpc) is 2.82. The Kier molecular flexibility index (Phi) is 5.27. The van der Waals surface area contributed by atoms with E-state index in [0.717, 1.165) is 10.6 Å². The van der Waals surface area contributed by atoms with Crippen molar-refractivity contribution in [1.82, 2.24) is 4.98 Å². The zero-order chi connectivity index (χ0) is 16.1. The number of ether oxygens (including phenoxy) is 1. The van der Waals surface area contributed by atoms with Crippen molar-refractivity contribution in [3.63, 3.8) is 0 Å². The highest BCUT2D eigenvalue weighted by atomic mass is 32.1. The monoisotopic (exact) mass is 318 g/mol. The number of hydrogen-bond donors (Lipinski definition) is 1. The standard InChI is InChI=1S/C16H18N2O3S/c1-10-11(2)22-16(17-10)18-15(20)9-8-14(19)12-4-6-13(21-3)7-5-12/h4-7H,8-9H2,1-3H3,(H,17,18,20). The van der Waals surface area contributed by atoms with Crippen molar-refractivity contribution in [3.8, 4) is 5.75 Å². The van der Waals surface area contributed by atoms with Gasteiger partial charge in [0.25, 0.3) is 0 Å². The number of hydrogen-bond acceptors (Lipinski definition) is 5. The fourth-order valence-electron chi connectivity index (χ4n) is 1.86. The highest BCUT2D eigenvalue weighted by Gasteiger charge is 2.11. The van der Waals surface area contributed by atoms with E-state index in [2.05, 4.69) is 10.3 Å². The van der Waals surface area contributed by atoms with E-state index >= 15 is 0 Å². The van der Waals surface area contributed by atoms with Crippen LogP contribution in [0, 0.1) is 13.8 Å². The maximum atomic E-state index is 12.0. The lowest BCUT2D eigenvalue weighted by atomic mass is 10.1. The van der Waals surface area contributed by atoms with Gasteiger partial charge in [-0.3, -0.25) is 9.59 Å². The van der Waals surface area contributed by atoms with Crippen LogP contribution in [0.15, 0.2) is 24.3 Å². The number of amides is 1. The van der Waals surface area contributed by atoms with Crippen molar-refractivity contribution in [2.75, 3.05) is 12.4 Å². The average molecular weight is 318 g/mol. The maximum absolute atomic E-state index is 12.0. The summed E-state index contributed by atoms with van der Waals surface area (Å²) in [6.45, 7) is 3.85. The molecule has 1 aromatic carbocycles. The number of anilines is 1. The summed E-state index contributed by atoms with van der Waals surface area (Å²) in [6, 6.07) is 6.86. The molecule has 116 valence electrons. The van der Waals surface area contributed by atoms with Gasteiger partial charge < -0.3 is 10.1 Å². The Bertz CT molecular complexity index is 658. The lowest BCUT2D eigenvalue weighted by Gasteiger charge is -2.03. The number of methoxy groups -OCH3 is 1. The van der Waals surface area contributed by atoms with Crippen LogP contribution in [-0.4, -0.2) is 23.8 Å². The Morgan fingerprint density at radius 2 is 1.86 bits per heavy atom. The zero-order valence-electron chi connectivity index (χ0n) is 12.8. The van der Waals surface area contributed by atoms with Crippen LogP contribution in [0.4, 0.5) is 5.13 Å². The molecule has 22 heavy (non-hydrogen) atoms.